The topological polar surface area (TPSA) is 62.7 Å². The molecule has 1 aromatic rings. The largest absolute Gasteiger partial charge is 0.469 e. The molecule has 1 aromatic carbocycles. The van der Waals surface area contributed by atoms with Crippen molar-refractivity contribution < 1.29 is 13.9 Å². The van der Waals surface area contributed by atoms with Crippen LogP contribution in [0.25, 0.3) is 0 Å². The van der Waals surface area contributed by atoms with Crippen LogP contribution in [0, 0.1) is 5.82 Å². The van der Waals surface area contributed by atoms with Crippen molar-refractivity contribution >= 4 is 23.7 Å². The number of thioether (sulfide) groups is 1. The van der Waals surface area contributed by atoms with Crippen LogP contribution in [0.3, 0.4) is 0 Å². The normalized spacial score (nSPS) is 11.2. The maximum absolute atomic E-state index is 13.3. The fourth-order valence-electron chi connectivity index (χ4n) is 1.84. The van der Waals surface area contributed by atoms with Crippen LogP contribution in [-0.4, -0.2) is 38.9 Å². The van der Waals surface area contributed by atoms with Crippen LogP contribution in [0.1, 0.15) is 17.5 Å². The van der Waals surface area contributed by atoms with Gasteiger partial charge in [0.1, 0.15) is 5.82 Å². The fourth-order valence-corrected chi connectivity index (χ4v) is 2.42. The highest BCUT2D eigenvalue weighted by molar-refractivity contribution is 7.97. The molecule has 1 rings (SSSR count). The van der Waals surface area contributed by atoms with E-state index in [0.717, 1.165) is 16.9 Å². The van der Waals surface area contributed by atoms with Gasteiger partial charge in [-0.15, -0.1) is 0 Å². The Bertz CT molecular complexity index is 524. The number of hydrogen-bond donors (Lipinski definition) is 2. The lowest BCUT2D eigenvalue weighted by atomic mass is 10.1. The van der Waals surface area contributed by atoms with E-state index in [1.54, 1.807) is 30.9 Å². The number of nitrogens with one attached hydrogen (secondary N) is 2. The van der Waals surface area contributed by atoms with Gasteiger partial charge in [-0.3, -0.25) is 9.79 Å². The van der Waals surface area contributed by atoms with Crippen LogP contribution in [-0.2, 0) is 21.8 Å². The van der Waals surface area contributed by atoms with E-state index in [1.807, 2.05) is 6.26 Å². The SMILES string of the molecule is CN=C(NCCC(=O)OC)NCc1ccc(F)cc1CSC. The number of methoxy groups -OCH3 is 1. The number of carbonyl (C=O) groups is 1. The molecule has 7 heteroatoms. The molecule has 5 nitrogen and oxygen atoms in total. The molecule has 0 aliphatic heterocycles. The lowest BCUT2D eigenvalue weighted by Crippen LogP contribution is -2.38. The number of ether oxygens (including phenoxy) is 1. The molecule has 0 amide bonds. The number of hydrogen-bond acceptors (Lipinski definition) is 4. The Morgan fingerprint density at radius 2 is 2.14 bits per heavy atom. The molecule has 0 radical (unpaired) electrons. The lowest BCUT2D eigenvalue weighted by Gasteiger charge is -2.14. The van der Waals surface area contributed by atoms with E-state index in [0.29, 0.717) is 19.0 Å². The summed E-state index contributed by atoms with van der Waals surface area (Å²) >= 11 is 1.65. The van der Waals surface area contributed by atoms with E-state index < -0.39 is 0 Å². The van der Waals surface area contributed by atoms with Gasteiger partial charge in [0.2, 0.25) is 0 Å². The van der Waals surface area contributed by atoms with Crippen molar-refractivity contribution in [1.29, 1.82) is 0 Å². The van der Waals surface area contributed by atoms with Crippen molar-refractivity contribution in [3.8, 4) is 0 Å². The number of guanidine groups is 1. The third-order valence-corrected chi connectivity index (χ3v) is 3.59. The predicted octanol–water partition coefficient (Wildman–Crippen LogP) is 1.92. The number of rotatable bonds is 7. The smallest absolute Gasteiger partial charge is 0.307 e. The molecule has 22 heavy (non-hydrogen) atoms. The monoisotopic (exact) mass is 327 g/mol. The third kappa shape index (κ3) is 6.34. The van der Waals surface area contributed by atoms with Crippen molar-refractivity contribution in [3.63, 3.8) is 0 Å². The maximum atomic E-state index is 13.3. The highest BCUT2D eigenvalue weighted by atomic mass is 32.2. The van der Waals surface area contributed by atoms with Crippen molar-refractivity contribution in [2.24, 2.45) is 4.99 Å². The molecule has 0 unspecified atom stereocenters. The van der Waals surface area contributed by atoms with Gasteiger partial charge in [-0.05, 0) is 29.5 Å². The van der Waals surface area contributed by atoms with Crippen LogP contribution >= 0.6 is 11.8 Å². The van der Waals surface area contributed by atoms with Gasteiger partial charge >= 0.3 is 5.97 Å². The van der Waals surface area contributed by atoms with Crippen LogP contribution in [0.5, 0.6) is 0 Å². The van der Waals surface area contributed by atoms with E-state index in [4.69, 9.17) is 0 Å². The predicted molar refractivity (Wildman–Crippen MR) is 88.5 cm³/mol. The molecule has 0 bridgehead atoms. The van der Waals surface area contributed by atoms with Crippen LogP contribution in [0.4, 0.5) is 4.39 Å². The van der Waals surface area contributed by atoms with Gasteiger partial charge in [-0.2, -0.15) is 11.8 Å². The van der Waals surface area contributed by atoms with E-state index in [9.17, 15) is 9.18 Å². The zero-order valence-electron chi connectivity index (χ0n) is 13.1. The van der Waals surface area contributed by atoms with E-state index >= 15 is 0 Å². The Balaban J connectivity index is 2.54. The molecule has 0 atom stereocenters. The minimum Gasteiger partial charge on any atom is -0.469 e. The summed E-state index contributed by atoms with van der Waals surface area (Å²) in [5.74, 6) is 0.837. The first-order chi connectivity index (χ1) is 10.6. The number of halogens is 1. The molecular formula is C15H22FN3O2S. The number of esters is 1. The van der Waals surface area contributed by atoms with Crippen molar-refractivity contribution in [3.05, 3.63) is 35.1 Å². The average Bonchev–Trinajstić information content (AvgIpc) is 2.52. The third-order valence-electron chi connectivity index (χ3n) is 2.99. The Kier molecular flexibility index (Phi) is 8.35. The molecule has 0 saturated heterocycles. The minimum atomic E-state index is -0.274. The Morgan fingerprint density at radius 3 is 2.77 bits per heavy atom. The molecule has 0 aromatic heterocycles. The molecule has 0 saturated carbocycles. The lowest BCUT2D eigenvalue weighted by molar-refractivity contribution is -0.140. The van der Waals surface area contributed by atoms with Gasteiger partial charge in [-0.1, -0.05) is 6.07 Å². The summed E-state index contributed by atoms with van der Waals surface area (Å²) in [5.41, 5.74) is 1.98. The highest BCUT2D eigenvalue weighted by Crippen LogP contribution is 2.16. The van der Waals surface area contributed by atoms with Gasteiger partial charge in [0.05, 0.1) is 13.5 Å². The Hall–Kier alpha value is -1.76. The molecule has 0 fully saturated rings. The first-order valence-electron chi connectivity index (χ1n) is 6.88. The minimum absolute atomic E-state index is 0.228. The Morgan fingerprint density at radius 1 is 1.36 bits per heavy atom. The first-order valence-corrected chi connectivity index (χ1v) is 8.27. The van der Waals surface area contributed by atoms with E-state index in [-0.39, 0.29) is 18.2 Å². The summed E-state index contributed by atoms with van der Waals surface area (Å²) in [6, 6.07) is 4.78. The van der Waals surface area contributed by atoms with Crippen molar-refractivity contribution in [2.45, 2.75) is 18.7 Å². The second-order valence-electron chi connectivity index (χ2n) is 4.52. The number of carbonyl (C=O) groups excluding carboxylic acids is 1. The Labute approximate surface area is 134 Å². The van der Waals surface area contributed by atoms with Gasteiger partial charge < -0.3 is 15.4 Å². The van der Waals surface area contributed by atoms with E-state index in [1.165, 1.54) is 13.2 Å². The number of benzene rings is 1. The first kappa shape index (κ1) is 18.3. The highest BCUT2D eigenvalue weighted by Gasteiger charge is 2.06. The summed E-state index contributed by atoms with van der Waals surface area (Å²) < 4.78 is 17.9. The van der Waals surface area contributed by atoms with Crippen molar-refractivity contribution in [1.82, 2.24) is 10.6 Å². The van der Waals surface area contributed by atoms with Crippen LogP contribution in [0.2, 0.25) is 0 Å². The molecule has 0 spiro atoms. The average molecular weight is 327 g/mol. The van der Waals surface area contributed by atoms with Gasteiger partial charge in [0.15, 0.2) is 5.96 Å². The van der Waals surface area contributed by atoms with Gasteiger partial charge in [0, 0.05) is 25.9 Å². The standard InChI is InChI=1S/C15H22FN3O2S/c1-17-15(18-7-6-14(20)21-2)19-9-11-4-5-13(16)8-12(11)10-22-3/h4-5,8H,6-7,9-10H2,1-3H3,(H2,17,18,19). The van der Waals surface area contributed by atoms with E-state index in [2.05, 4.69) is 20.4 Å². The quantitative estimate of drug-likeness (QED) is 0.455. The summed E-state index contributed by atoms with van der Waals surface area (Å²) in [7, 11) is 3.01. The summed E-state index contributed by atoms with van der Waals surface area (Å²) in [4.78, 5) is 15.1. The fraction of sp³-hybridized carbons (Fsp3) is 0.467. The molecule has 2 N–H and O–H groups in total. The summed E-state index contributed by atoms with van der Waals surface area (Å²) in [6.45, 7) is 0.974. The molecule has 0 aliphatic carbocycles. The van der Waals surface area contributed by atoms with Crippen molar-refractivity contribution in [2.75, 3.05) is 27.0 Å². The molecule has 0 aliphatic rings. The molecular weight excluding hydrogens is 305 g/mol. The summed E-state index contributed by atoms with van der Waals surface area (Å²) in [5, 5.41) is 6.18. The van der Waals surface area contributed by atoms with Crippen LogP contribution in [0.15, 0.2) is 23.2 Å². The van der Waals surface area contributed by atoms with Gasteiger partial charge in [0.25, 0.3) is 0 Å². The zero-order valence-corrected chi connectivity index (χ0v) is 13.9. The number of nitrogens with zero attached hydrogens (tertiary/aromatic N) is 1. The van der Waals surface area contributed by atoms with Crippen LogP contribution < -0.4 is 10.6 Å². The molecule has 122 valence electrons. The molecule has 0 heterocycles. The maximum Gasteiger partial charge on any atom is 0.307 e. The zero-order chi connectivity index (χ0) is 16.4. The second-order valence-corrected chi connectivity index (χ2v) is 5.39. The number of aliphatic imine (C=N–C) groups is 1. The van der Waals surface area contributed by atoms with Gasteiger partial charge in [-0.25, -0.2) is 4.39 Å². The summed E-state index contributed by atoms with van der Waals surface area (Å²) in [6.07, 6.45) is 2.25. The second kappa shape index (κ2) is 10.0.